The summed E-state index contributed by atoms with van der Waals surface area (Å²) in [4.78, 5) is 11.0. The number of ether oxygens (including phenoxy) is 1. The number of carbonyl (C=O) groups excluding carboxylic acids is 1. The minimum atomic E-state index is -0.0675. The van der Waals surface area contributed by atoms with E-state index in [1.165, 1.54) is 20.0 Å². The Balaban J connectivity index is 2.24. The van der Waals surface area contributed by atoms with Gasteiger partial charge in [0, 0.05) is 6.42 Å². The second-order valence-electron chi connectivity index (χ2n) is 3.80. The van der Waals surface area contributed by atoms with E-state index in [0.29, 0.717) is 18.3 Å². The molecule has 1 aliphatic carbocycles. The van der Waals surface area contributed by atoms with Crippen molar-refractivity contribution in [1.82, 2.24) is 0 Å². The van der Waals surface area contributed by atoms with E-state index in [9.17, 15) is 4.79 Å². The fraction of sp³-hybridized carbons (Fsp3) is 0.727. The number of allylic oxidation sites excluding steroid dienone is 1. The summed E-state index contributed by atoms with van der Waals surface area (Å²) in [5.74, 6) is 1.15. The molecule has 1 rings (SSSR count). The van der Waals surface area contributed by atoms with Crippen LogP contribution in [0, 0.1) is 11.8 Å². The van der Waals surface area contributed by atoms with Crippen LogP contribution in [0.15, 0.2) is 12.7 Å². The monoisotopic (exact) mass is 182 g/mol. The van der Waals surface area contributed by atoms with E-state index in [-0.39, 0.29) is 5.97 Å². The third-order valence-corrected chi connectivity index (χ3v) is 2.91. The Hall–Kier alpha value is -0.790. The number of methoxy groups -OCH3 is 1. The van der Waals surface area contributed by atoms with Crippen LogP contribution in [0.1, 0.15) is 32.1 Å². The Morgan fingerprint density at radius 1 is 1.46 bits per heavy atom. The van der Waals surface area contributed by atoms with Crippen molar-refractivity contribution in [3.8, 4) is 0 Å². The second-order valence-corrected chi connectivity index (χ2v) is 3.80. The fourth-order valence-electron chi connectivity index (χ4n) is 1.95. The van der Waals surface area contributed by atoms with Crippen molar-refractivity contribution < 1.29 is 9.53 Å². The number of hydrogen-bond donors (Lipinski definition) is 0. The molecule has 0 amide bonds. The summed E-state index contributed by atoms with van der Waals surface area (Å²) < 4.78 is 4.65. The zero-order valence-corrected chi connectivity index (χ0v) is 8.29. The molecule has 0 heterocycles. The van der Waals surface area contributed by atoms with E-state index in [4.69, 9.17) is 0 Å². The first kappa shape index (κ1) is 10.3. The zero-order valence-electron chi connectivity index (χ0n) is 8.29. The normalized spacial score (nSPS) is 28.1. The summed E-state index contributed by atoms with van der Waals surface area (Å²) in [6, 6.07) is 0. The Morgan fingerprint density at radius 3 is 2.54 bits per heavy atom. The minimum Gasteiger partial charge on any atom is -0.469 e. The average molecular weight is 182 g/mol. The quantitative estimate of drug-likeness (QED) is 0.495. The van der Waals surface area contributed by atoms with Gasteiger partial charge in [-0.3, -0.25) is 4.79 Å². The molecule has 0 spiro atoms. The van der Waals surface area contributed by atoms with Crippen molar-refractivity contribution in [1.29, 1.82) is 0 Å². The largest absolute Gasteiger partial charge is 0.469 e. The van der Waals surface area contributed by atoms with Crippen molar-refractivity contribution in [2.75, 3.05) is 7.11 Å². The number of esters is 1. The van der Waals surface area contributed by atoms with Crippen LogP contribution >= 0.6 is 0 Å². The number of rotatable bonds is 3. The predicted molar refractivity (Wildman–Crippen MR) is 52.3 cm³/mol. The summed E-state index contributed by atoms with van der Waals surface area (Å²) in [6.45, 7) is 3.79. The third kappa shape index (κ3) is 3.21. The molecule has 0 aromatic carbocycles. The highest BCUT2D eigenvalue weighted by atomic mass is 16.5. The van der Waals surface area contributed by atoms with Crippen LogP contribution in [0.5, 0.6) is 0 Å². The molecule has 13 heavy (non-hydrogen) atoms. The van der Waals surface area contributed by atoms with Crippen LogP contribution in [0.2, 0.25) is 0 Å². The molecule has 1 fully saturated rings. The molecule has 2 heteroatoms. The number of carbonyl (C=O) groups is 1. The summed E-state index contributed by atoms with van der Waals surface area (Å²) in [5.41, 5.74) is 0. The highest BCUT2D eigenvalue weighted by Gasteiger charge is 2.21. The summed E-state index contributed by atoms with van der Waals surface area (Å²) in [7, 11) is 1.46. The summed E-state index contributed by atoms with van der Waals surface area (Å²) in [5, 5.41) is 0. The van der Waals surface area contributed by atoms with Gasteiger partial charge in [-0.15, -0.1) is 6.58 Å². The molecule has 0 unspecified atom stereocenters. The van der Waals surface area contributed by atoms with E-state index in [0.717, 1.165) is 12.8 Å². The lowest BCUT2D eigenvalue weighted by Crippen LogP contribution is -2.16. The van der Waals surface area contributed by atoms with Crippen LogP contribution in [-0.4, -0.2) is 13.1 Å². The molecule has 0 saturated heterocycles. The standard InChI is InChI=1S/C11H18O2/c1-3-9-4-6-10(7-5-9)8-11(12)13-2/h3,9-10H,1,4-8H2,2H3. The maximum absolute atomic E-state index is 11.0. The van der Waals surface area contributed by atoms with Gasteiger partial charge in [0.2, 0.25) is 0 Å². The van der Waals surface area contributed by atoms with Crippen molar-refractivity contribution in [3.63, 3.8) is 0 Å². The van der Waals surface area contributed by atoms with E-state index in [2.05, 4.69) is 11.3 Å². The van der Waals surface area contributed by atoms with Crippen molar-refractivity contribution in [2.45, 2.75) is 32.1 Å². The molecular weight excluding hydrogens is 164 g/mol. The lowest BCUT2D eigenvalue weighted by Gasteiger charge is -2.25. The lowest BCUT2D eigenvalue weighted by molar-refractivity contribution is -0.142. The van der Waals surface area contributed by atoms with Gasteiger partial charge in [0.15, 0.2) is 0 Å². The van der Waals surface area contributed by atoms with Crippen molar-refractivity contribution in [2.24, 2.45) is 11.8 Å². The minimum absolute atomic E-state index is 0.0675. The third-order valence-electron chi connectivity index (χ3n) is 2.91. The van der Waals surface area contributed by atoms with E-state index < -0.39 is 0 Å². The van der Waals surface area contributed by atoms with Gasteiger partial charge in [0.1, 0.15) is 0 Å². The molecule has 0 aliphatic heterocycles. The fourth-order valence-corrected chi connectivity index (χ4v) is 1.95. The Kier molecular flexibility index (Phi) is 4.00. The highest BCUT2D eigenvalue weighted by Crippen LogP contribution is 2.31. The van der Waals surface area contributed by atoms with Gasteiger partial charge in [-0.05, 0) is 37.5 Å². The molecule has 0 aromatic rings. The molecule has 2 nitrogen and oxygen atoms in total. The van der Waals surface area contributed by atoms with E-state index in [1.54, 1.807) is 0 Å². The molecule has 0 atom stereocenters. The molecule has 0 radical (unpaired) electrons. The molecule has 1 aliphatic rings. The van der Waals surface area contributed by atoms with Crippen LogP contribution in [0.4, 0.5) is 0 Å². The van der Waals surface area contributed by atoms with Crippen molar-refractivity contribution in [3.05, 3.63) is 12.7 Å². The molecule has 0 bridgehead atoms. The lowest BCUT2D eigenvalue weighted by atomic mass is 9.81. The van der Waals surface area contributed by atoms with Crippen LogP contribution in [-0.2, 0) is 9.53 Å². The van der Waals surface area contributed by atoms with Gasteiger partial charge in [-0.25, -0.2) is 0 Å². The van der Waals surface area contributed by atoms with Crippen LogP contribution in [0.25, 0.3) is 0 Å². The maximum atomic E-state index is 11.0. The zero-order chi connectivity index (χ0) is 9.68. The highest BCUT2D eigenvalue weighted by molar-refractivity contribution is 5.69. The molecule has 74 valence electrons. The first-order chi connectivity index (χ1) is 6.26. The van der Waals surface area contributed by atoms with Gasteiger partial charge < -0.3 is 4.74 Å². The molecular formula is C11H18O2. The van der Waals surface area contributed by atoms with Gasteiger partial charge in [-0.2, -0.15) is 0 Å². The molecule has 1 saturated carbocycles. The van der Waals surface area contributed by atoms with Crippen LogP contribution < -0.4 is 0 Å². The van der Waals surface area contributed by atoms with Gasteiger partial charge in [0.25, 0.3) is 0 Å². The summed E-state index contributed by atoms with van der Waals surface area (Å²) in [6.07, 6.45) is 7.29. The van der Waals surface area contributed by atoms with Crippen LogP contribution in [0.3, 0.4) is 0 Å². The van der Waals surface area contributed by atoms with E-state index in [1.807, 2.05) is 6.08 Å². The maximum Gasteiger partial charge on any atom is 0.305 e. The predicted octanol–water partition coefficient (Wildman–Crippen LogP) is 2.54. The van der Waals surface area contributed by atoms with Crippen molar-refractivity contribution >= 4 is 5.97 Å². The Morgan fingerprint density at radius 2 is 2.08 bits per heavy atom. The topological polar surface area (TPSA) is 26.3 Å². The average Bonchev–Trinajstić information content (AvgIpc) is 2.19. The first-order valence-electron chi connectivity index (χ1n) is 4.95. The Bertz CT molecular complexity index is 179. The van der Waals surface area contributed by atoms with Gasteiger partial charge in [0.05, 0.1) is 7.11 Å². The molecule has 0 aromatic heterocycles. The first-order valence-corrected chi connectivity index (χ1v) is 4.95. The second kappa shape index (κ2) is 5.05. The SMILES string of the molecule is C=CC1CCC(CC(=O)OC)CC1. The Labute approximate surface area is 80.0 Å². The summed E-state index contributed by atoms with van der Waals surface area (Å²) >= 11 is 0. The van der Waals surface area contributed by atoms with E-state index >= 15 is 0 Å². The molecule has 0 N–H and O–H groups in total. The smallest absolute Gasteiger partial charge is 0.305 e. The van der Waals surface area contributed by atoms with Gasteiger partial charge in [-0.1, -0.05) is 6.08 Å². The van der Waals surface area contributed by atoms with Gasteiger partial charge >= 0.3 is 5.97 Å². The number of hydrogen-bond acceptors (Lipinski definition) is 2.